The summed E-state index contributed by atoms with van der Waals surface area (Å²) in [6.45, 7) is 4.89. The van der Waals surface area contributed by atoms with Gasteiger partial charge in [-0.3, -0.25) is 9.59 Å². The van der Waals surface area contributed by atoms with Crippen LogP contribution in [0.3, 0.4) is 0 Å². The number of allylic oxidation sites excluding steroid dienone is 7. The molecular weight excluding hydrogens is 959 g/mol. The first-order valence-corrected chi connectivity index (χ1v) is 34.9. The van der Waals surface area contributed by atoms with Gasteiger partial charge in [0.05, 0.1) is 25.4 Å². The molecule has 0 bridgehead atoms. The normalized spacial score (nSPS) is 12.8. The van der Waals surface area contributed by atoms with Crippen molar-refractivity contribution < 1.29 is 24.5 Å². The van der Waals surface area contributed by atoms with Crippen LogP contribution in [0.5, 0.6) is 0 Å². The Hall–Kier alpha value is -2.18. The third-order valence-electron chi connectivity index (χ3n) is 16.1. The van der Waals surface area contributed by atoms with Crippen LogP contribution in [0.2, 0.25) is 0 Å². The molecule has 3 N–H and O–H groups in total. The lowest BCUT2D eigenvalue weighted by Gasteiger charge is -2.20. The zero-order chi connectivity index (χ0) is 56.4. The van der Waals surface area contributed by atoms with Crippen molar-refractivity contribution in [1.29, 1.82) is 0 Å². The number of aliphatic hydroxyl groups is 2. The van der Waals surface area contributed by atoms with Gasteiger partial charge in [0.1, 0.15) is 0 Å². The second kappa shape index (κ2) is 67.3. The zero-order valence-electron chi connectivity index (χ0n) is 52.4. The molecule has 0 aromatic carbocycles. The molecular formula is C72H135NO5. The second-order valence-electron chi connectivity index (χ2n) is 23.9. The minimum Gasteiger partial charge on any atom is -0.466 e. The monoisotopic (exact) mass is 1090 g/mol. The molecule has 0 spiro atoms. The summed E-state index contributed by atoms with van der Waals surface area (Å²) in [6, 6.07) is -0.625. The van der Waals surface area contributed by atoms with Crippen LogP contribution >= 0.6 is 0 Å². The summed E-state index contributed by atoms with van der Waals surface area (Å²) in [5.74, 6) is -0.0564. The Balaban J connectivity index is 3.36. The Morgan fingerprint density at radius 2 is 0.641 bits per heavy atom. The van der Waals surface area contributed by atoms with Crippen molar-refractivity contribution >= 4 is 11.9 Å². The number of rotatable bonds is 65. The smallest absolute Gasteiger partial charge is 0.305 e. The van der Waals surface area contributed by atoms with Gasteiger partial charge in [0.2, 0.25) is 5.91 Å². The molecule has 0 saturated carbocycles. The summed E-state index contributed by atoms with van der Waals surface area (Å²) < 4.78 is 5.48. The van der Waals surface area contributed by atoms with E-state index in [0.29, 0.717) is 19.4 Å². The molecule has 458 valence electrons. The maximum Gasteiger partial charge on any atom is 0.305 e. The van der Waals surface area contributed by atoms with Crippen LogP contribution in [0.1, 0.15) is 373 Å². The first-order chi connectivity index (χ1) is 38.5. The third kappa shape index (κ3) is 63.0. The van der Waals surface area contributed by atoms with Crippen LogP contribution in [0.4, 0.5) is 0 Å². The summed E-state index contributed by atoms with van der Waals surface area (Å²) in [5, 5.41) is 23.1. The minimum atomic E-state index is -0.841. The van der Waals surface area contributed by atoms with E-state index in [-0.39, 0.29) is 18.5 Å². The number of esters is 1. The van der Waals surface area contributed by atoms with Gasteiger partial charge in [-0.05, 0) is 89.9 Å². The number of aliphatic hydroxyl groups excluding tert-OH is 2. The highest BCUT2D eigenvalue weighted by molar-refractivity contribution is 5.76. The molecule has 0 fully saturated rings. The summed E-state index contributed by atoms with van der Waals surface area (Å²) in [7, 11) is 0. The maximum absolute atomic E-state index is 12.4. The summed E-state index contributed by atoms with van der Waals surface area (Å²) in [5.41, 5.74) is 0. The molecule has 78 heavy (non-hydrogen) atoms. The van der Waals surface area contributed by atoms with Crippen LogP contribution < -0.4 is 5.32 Å². The molecule has 2 atom stereocenters. The van der Waals surface area contributed by atoms with Crippen LogP contribution in [0.25, 0.3) is 0 Å². The molecule has 2 unspecified atom stereocenters. The molecule has 0 heterocycles. The number of amides is 1. The number of carbonyl (C=O) groups excluding carboxylic acids is 2. The number of hydrogen-bond acceptors (Lipinski definition) is 5. The van der Waals surface area contributed by atoms with Crippen molar-refractivity contribution in [3.05, 3.63) is 48.6 Å². The molecule has 1 amide bonds. The lowest BCUT2D eigenvalue weighted by molar-refractivity contribution is -0.143. The van der Waals surface area contributed by atoms with Gasteiger partial charge in [-0.15, -0.1) is 0 Å². The van der Waals surface area contributed by atoms with E-state index in [1.54, 1.807) is 6.08 Å². The Morgan fingerprint density at radius 1 is 0.359 bits per heavy atom. The molecule has 6 nitrogen and oxygen atoms in total. The largest absolute Gasteiger partial charge is 0.466 e. The van der Waals surface area contributed by atoms with E-state index in [1.807, 2.05) is 6.08 Å². The topological polar surface area (TPSA) is 95.9 Å². The van der Waals surface area contributed by atoms with Gasteiger partial charge in [0, 0.05) is 12.8 Å². The van der Waals surface area contributed by atoms with Crippen molar-refractivity contribution in [2.24, 2.45) is 0 Å². The molecule has 0 aliphatic carbocycles. The van der Waals surface area contributed by atoms with Gasteiger partial charge >= 0.3 is 5.97 Å². The van der Waals surface area contributed by atoms with Gasteiger partial charge in [-0.1, -0.05) is 319 Å². The molecule has 6 heteroatoms. The first-order valence-electron chi connectivity index (χ1n) is 34.9. The molecule has 0 radical (unpaired) electrons. The number of carbonyl (C=O) groups is 2. The average molecular weight is 1090 g/mol. The van der Waals surface area contributed by atoms with Gasteiger partial charge in [-0.2, -0.15) is 0 Å². The summed E-state index contributed by atoms with van der Waals surface area (Å²) in [6.07, 6.45) is 87.8. The quantitative estimate of drug-likeness (QED) is 0.0320. The highest BCUT2D eigenvalue weighted by Gasteiger charge is 2.18. The van der Waals surface area contributed by atoms with Gasteiger partial charge in [0.15, 0.2) is 0 Å². The van der Waals surface area contributed by atoms with E-state index >= 15 is 0 Å². The van der Waals surface area contributed by atoms with E-state index in [2.05, 4.69) is 55.6 Å². The van der Waals surface area contributed by atoms with Gasteiger partial charge in [-0.25, -0.2) is 0 Å². The Bertz CT molecular complexity index is 1310. The summed E-state index contributed by atoms with van der Waals surface area (Å²) in [4.78, 5) is 24.5. The van der Waals surface area contributed by atoms with Gasteiger partial charge < -0.3 is 20.3 Å². The van der Waals surface area contributed by atoms with Crippen LogP contribution in [0, 0.1) is 0 Å². The number of unbranched alkanes of at least 4 members (excludes halogenated alkanes) is 48. The van der Waals surface area contributed by atoms with Crippen LogP contribution in [-0.4, -0.2) is 47.4 Å². The van der Waals surface area contributed by atoms with E-state index in [0.717, 1.165) is 51.4 Å². The molecule has 0 aliphatic rings. The Morgan fingerprint density at radius 3 is 1.00 bits per heavy atom. The molecule has 0 aromatic rings. The number of nitrogens with one attached hydrogen (secondary N) is 1. The van der Waals surface area contributed by atoms with Crippen LogP contribution in [-0.2, 0) is 14.3 Å². The SMILES string of the molecule is CCCCCC/C=C\CCCCCCCC(=O)OCCCCCCCCCCCCCCC/C=C\C/C=C\CCCCCCCCCCCCCCCCCCCC(=O)NC(CO)C(O)/C=C/CCCCCCCCCCC. The lowest BCUT2D eigenvalue weighted by Crippen LogP contribution is -2.45. The van der Waals surface area contributed by atoms with Crippen molar-refractivity contribution in [3.8, 4) is 0 Å². The standard InChI is InChI=1S/C72H135NO5/c1-3-5-7-9-11-13-15-41-46-50-54-58-62-66-72(77)78-67-63-59-55-51-47-43-40-38-36-34-32-30-28-26-24-22-20-18-16-17-19-21-23-25-27-29-31-33-35-37-39-42-45-49-53-57-61-65-71(76)73-69(68-74)70(75)64-60-56-52-48-44-14-12-10-8-6-4-2/h13,15-16,18,22,24,60,64,69-70,74-75H,3-12,14,17,19-21,23,25-59,61-63,65-68H2,1-2H3,(H,73,76)/b15-13-,18-16-,24-22-,64-60+. The maximum atomic E-state index is 12.4. The van der Waals surface area contributed by atoms with Crippen molar-refractivity contribution in [2.45, 2.75) is 386 Å². The first kappa shape index (κ1) is 75.8. The number of hydrogen-bond donors (Lipinski definition) is 3. The molecule has 0 aromatic heterocycles. The summed E-state index contributed by atoms with van der Waals surface area (Å²) >= 11 is 0. The molecule has 0 rings (SSSR count). The fourth-order valence-electron chi connectivity index (χ4n) is 10.7. The molecule has 0 aliphatic heterocycles. The zero-order valence-corrected chi connectivity index (χ0v) is 52.4. The van der Waals surface area contributed by atoms with E-state index in [4.69, 9.17) is 4.74 Å². The predicted octanol–water partition coefficient (Wildman–Crippen LogP) is 22.5. The number of ether oxygens (including phenoxy) is 1. The predicted molar refractivity (Wildman–Crippen MR) is 342 cm³/mol. The Labute approximate surface area is 486 Å². The fourth-order valence-corrected chi connectivity index (χ4v) is 10.7. The highest BCUT2D eigenvalue weighted by atomic mass is 16.5. The van der Waals surface area contributed by atoms with Crippen molar-refractivity contribution in [2.75, 3.05) is 13.2 Å². The fraction of sp³-hybridized carbons (Fsp3) is 0.861. The molecule has 0 saturated heterocycles. The van der Waals surface area contributed by atoms with E-state index in [1.165, 1.54) is 295 Å². The third-order valence-corrected chi connectivity index (χ3v) is 16.1. The van der Waals surface area contributed by atoms with E-state index < -0.39 is 12.1 Å². The second-order valence-corrected chi connectivity index (χ2v) is 23.9. The minimum absolute atomic E-state index is 0.00917. The Kier molecular flexibility index (Phi) is 65.4. The van der Waals surface area contributed by atoms with Crippen molar-refractivity contribution in [1.82, 2.24) is 5.32 Å². The lowest BCUT2D eigenvalue weighted by atomic mass is 10.0. The average Bonchev–Trinajstić information content (AvgIpc) is 3.44. The van der Waals surface area contributed by atoms with Crippen LogP contribution in [0.15, 0.2) is 48.6 Å². The van der Waals surface area contributed by atoms with E-state index in [9.17, 15) is 19.8 Å². The van der Waals surface area contributed by atoms with Crippen molar-refractivity contribution in [3.63, 3.8) is 0 Å². The van der Waals surface area contributed by atoms with Gasteiger partial charge in [0.25, 0.3) is 0 Å². The highest BCUT2D eigenvalue weighted by Crippen LogP contribution is 2.18.